The highest BCUT2D eigenvalue weighted by molar-refractivity contribution is 7.89. The zero-order valence-corrected chi connectivity index (χ0v) is 21.0. The molecule has 2 heterocycles. The minimum Gasteiger partial charge on any atom is -0.548 e. The van der Waals surface area contributed by atoms with Gasteiger partial charge >= 0.3 is 0 Å². The van der Waals surface area contributed by atoms with Crippen molar-refractivity contribution in [3.8, 4) is 0 Å². The second-order valence-electron chi connectivity index (χ2n) is 8.40. The van der Waals surface area contributed by atoms with E-state index in [2.05, 4.69) is 36.2 Å². The molecule has 2 aromatic heterocycles. The summed E-state index contributed by atoms with van der Waals surface area (Å²) in [6.07, 6.45) is 2.84. The van der Waals surface area contributed by atoms with E-state index in [1.54, 1.807) is 24.3 Å². The second kappa shape index (κ2) is 11.4. The fourth-order valence-electron chi connectivity index (χ4n) is 3.64. The van der Waals surface area contributed by atoms with Crippen LogP contribution in [0.25, 0.3) is 0 Å². The molecule has 186 valence electrons. The summed E-state index contributed by atoms with van der Waals surface area (Å²) in [5, 5.41) is 13.4. The van der Waals surface area contributed by atoms with Crippen molar-refractivity contribution in [2.75, 3.05) is 32.0 Å². The molecule has 0 spiro atoms. The van der Waals surface area contributed by atoms with Gasteiger partial charge < -0.3 is 15.2 Å². The lowest BCUT2D eigenvalue weighted by atomic mass is 10.1. The van der Waals surface area contributed by atoms with Gasteiger partial charge in [0.25, 0.3) is 0 Å². The number of sulfonamides is 1. The van der Waals surface area contributed by atoms with Crippen molar-refractivity contribution in [2.45, 2.75) is 31.8 Å². The average molecular weight is 498 g/mol. The molecule has 0 saturated carbocycles. The van der Waals surface area contributed by atoms with Gasteiger partial charge in [-0.1, -0.05) is 18.2 Å². The molecule has 3 rings (SSSR count). The molecule has 1 N–H and O–H groups in total. The number of hydrogen-bond acceptors (Lipinski definition) is 7. The van der Waals surface area contributed by atoms with Gasteiger partial charge in [0.2, 0.25) is 10.0 Å². The Bertz CT molecular complexity index is 1230. The summed E-state index contributed by atoms with van der Waals surface area (Å²) in [5.74, 6) is -0.937. The molecule has 35 heavy (non-hydrogen) atoms. The van der Waals surface area contributed by atoms with Crippen LogP contribution in [0, 0.1) is 0 Å². The zero-order valence-electron chi connectivity index (χ0n) is 20.2. The minimum absolute atomic E-state index is 0.00246. The highest BCUT2D eigenvalue weighted by atomic mass is 32.2. The molecular weight excluding hydrogens is 466 g/mol. The van der Waals surface area contributed by atoms with Gasteiger partial charge in [-0.05, 0) is 55.8 Å². The predicted molar refractivity (Wildman–Crippen MR) is 134 cm³/mol. The first-order valence-electron chi connectivity index (χ1n) is 11.4. The topological polar surface area (TPSA) is 115 Å². The Morgan fingerprint density at radius 2 is 1.74 bits per heavy atom. The molecule has 0 aliphatic rings. The van der Waals surface area contributed by atoms with E-state index in [0.29, 0.717) is 11.5 Å². The van der Waals surface area contributed by atoms with E-state index in [1.807, 2.05) is 24.3 Å². The van der Waals surface area contributed by atoms with Gasteiger partial charge in [0.15, 0.2) is 0 Å². The number of benzene rings is 1. The van der Waals surface area contributed by atoms with Gasteiger partial charge in [-0.15, -0.1) is 0 Å². The van der Waals surface area contributed by atoms with Crippen molar-refractivity contribution in [3.63, 3.8) is 0 Å². The van der Waals surface area contributed by atoms with E-state index in [-0.39, 0.29) is 18.0 Å². The first-order valence-corrected chi connectivity index (χ1v) is 12.9. The molecule has 0 aliphatic carbocycles. The maximum atomic E-state index is 13.5. The molecule has 1 aromatic carbocycles. The van der Waals surface area contributed by atoms with Crippen LogP contribution in [0.15, 0.2) is 71.9 Å². The van der Waals surface area contributed by atoms with Crippen LogP contribution in [0.1, 0.15) is 25.1 Å². The van der Waals surface area contributed by atoms with E-state index < -0.39 is 22.5 Å². The van der Waals surface area contributed by atoms with Crippen LogP contribution in [0.3, 0.4) is 0 Å². The van der Waals surface area contributed by atoms with Crippen molar-refractivity contribution in [3.05, 3.63) is 78.2 Å². The number of rotatable bonds is 12. The fourth-order valence-corrected chi connectivity index (χ4v) is 5.00. The maximum absolute atomic E-state index is 13.5. The van der Waals surface area contributed by atoms with E-state index in [9.17, 15) is 18.3 Å². The van der Waals surface area contributed by atoms with E-state index >= 15 is 0 Å². The molecule has 0 radical (unpaired) electrons. The number of carbonyl (C=O) groups excluding carboxylic acids is 1. The summed E-state index contributed by atoms with van der Waals surface area (Å²) in [6.45, 7) is 5.92. The number of anilines is 1. The molecule has 0 bridgehead atoms. The molecule has 0 amide bonds. The normalized spacial score (nSPS) is 12.0. The Morgan fingerprint density at radius 3 is 2.34 bits per heavy atom. The lowest BCUT2D eigenvalue weighted by Gasteiger charge is -2.31. The van der Waals surface area contributed by atoms with E-state index in [4.69, 9.17) is 0 Å². The summed E-state index contributed by atoms with van der Waals surface area (Å²) in [4.78, 5) is 19.2. The SMILES string of the molecule is CC[N+](C)(CC)c1ccc(CN(Cc2cccc(NCC(=O)[O-])n2)S(=O)(=O)c2cccnc2)cc1. The number of pyridine rings is 2. The predicted octanol–water partition coefficient (Wildman–Crippen LogP) is 2.01. The summed E-state index contributed by atoms with van der Waals surface area (Å²) in [5.41, 5.74) is 2.47. The van der Waals surface area contributed by atoms with Crippen molar-refractivity contribution < 1.29 is 18.3 Å². The number of carboxylic acids is 1. The number of carboxylic acid groups (broad SMARTS) is 1. The van der Waals surface area contributed by atoms with Gasteiger partial charge in [-0.25, -0.2) is 13.4 Å². The van der Waals surface area contributed by atoms with Crippen molar-refractivity contribution in [1.82, 2.24) is 18.8 Å². The Hall–Kier alpha value is -3.34. The van der Waals surface area contributed by atoms with Crippen LogP contribution in [0.4, 0.5) is 11.5 Å². The van der Waals surface area contributed by atoms with Crippen LogP contribution in [0.2, 0.25) is 0 Å². The fraction of sp³-hybridized carbons (Fsp3) is 0.320. The Balaban J connectivity index is 1.91. The number of quaternary nitrogens is 1. The minimum atomic E-state index is -3.88. The summed E-state index contributed by atoms with van der Waals surface area (Å²) >= 11 is 0. The Morgan fingerprint density at radius 1 is 1.03 bits per heavy atom. The molecular formula is C25H31N5O4S. The van der Waals surface area contributed by atoms with E-state index in [1.165, 1.54) is 22.8 Å². The third-order valence-electron chi connectivity index (χ3n) is 6.15. The average Bonchev–Trinajstić information content (AvgIpc) is 2.87. The summed E-state index contributed by atoms with van der Waals surface area (Å²) in [7, 11) is -1.71. The molecule has 10 heteroatoms. The Kier molecular flexibility index (Phi) is 8.55. The lowest BCUT2D eigenvalue weighted by molar-refractivity contribution is -0.302. The third kappa shape index (κ3) is 6.62. The lowest BCUT2D eigenvalue weighted by Crippen LogP contribution is -2.44. The van der Waals surface area contributed by atoms with Crippen LogP contribution in [-0.2, 0) is 27.9 Å². The number of nitrogens with zero attached hydrogens (tertiary/aromatic N) is 4. The van der Waals surface area contributed by atoms with Gasteiger partial charge in [-0.3, -0.25) is 9.47 Å². The molecule has 0 saturated heterocycles. The van der Waals surface area contributed by atoms with Gasteiger partial charge in [0.1, 0.15) is 16.4 Å². The summed E-state index contributed by atoms with van der Waals surface area (Å²) < 4.78 is 29.2. The molecule has 0 unspecified atom stereocenters. The van der Waals surface area contributed by atoms with Crippen LogP contribution < -0.4 is 14.9 Å². The second-order valence-corrected chi connectivity index (χ2v) is 10.3. The first-order chi connectivity index (χ1) is 16.7. The van der Waals surface area contributed by atoms with Gasteiger partial charge in [0, 0.05) is 18.9 Å². The molecule has 0 atom stereocenters. The maximum Gasteiger partial charge on any atom is 0.245 e. The standard InChI is InChI=1S/C25H31N5O4S/c1-4-30(3,5-2)22-13-11-20(12-14-22)18-29(35(33,34)23-9-7-15-26-16-23)19-21-8-6-10-24(28-21)27-17-25(31)32/h6-16H,4-5,17-19H2,1-3H3,(H-,27,28,31,32). The first kappa shape index (κ1) is 26.3. The summed E-state index contributed by atoms with van der Waals surface area (Å²) in [6, 6.07) is 16.1. The van der Waals surface area contributed by atoms with Crippen LogP contribution in [-0.4, -0.2) is 55.3 Å². The largest absolute Gasteiger partial charge is 0.548 e. The molecule has 9 nitrogen and oxygen atoms in total. The monoisotopic (exact) mass is 497 g/mol. The molecule has 3 aromatic rings. The number of aliphatic carboxylic acids is 1. The third-order valence-corrected chi connectivity index (χ3v) is 7.92. The van der Waals surface area contributed by atoms with Crippen LogP contribution in [0.5, 0.6) is 0 Å². The molecule has 0 fully saturated rings. The number of aromatic nitrogens is 2. The van der Waals surface area contributed by atoms with Crippen molar-refractivity contribution >= 4 is 27.5 Å². The highest BCUT2D eigenvalue weighted by Gasteiger charge is 2.26. The smallest absolute Gasteiger partial charge is 0.245 e. The molecule has 0 aliphatic heterocycles. The van der Waals surface area contributed by atoms with Gasteiger partial charge in [-0.2, -0.15) is 4.31 Å². The number of hydrogen-bond donors (Lipinski definition) is 1. The Labute approximate surface area is 206 Å². The zero-order chi connectivity index (χ0) is 25.5. The van der Waals surface area contributed by atoms with Crippen molar-refractivity contribution in [2.24, 2.45) is 0 Å². The van der Waals surface area contributed by atoms with Gasteiger partial charge in [0.05, 0.1) is 44.9 Å². The van der Waals surface area contributed by atoms with Crippen molar-refractivity contribution in [1.29, 1.82) is 0 Å². The number of carbonyl (C=O) groups is 1. The highest BCUT2D eigenvalue weighted by Crippen LogP contribution is 2.24. The van der Waals surface area contributed by atoms with E-state index in [0.717, 1.165) is 28.8 Å². The van der Waals surface area contributed by atoms with Crippen LogP contribution >= 0.6 is 0 Å². The quantitative estimate of drug-likeness (QED) is 0.381. The number of nitrogens with one attached hydrogen (secondary N) is 1.